The number of aliphatic carboxylic acids is 1. The summed E-state index contributed by atoms with van der Waals surface area (Å²) in [5.41, 5.74) is 1.98. The standard InChI is InChI=1S/C20H19ClN2O2S/c21-14-10-8-13(9-11-14)18(23-12-4-3-6-16(23)20(24)25)19-22-15-5-1-2-7-17(15)26-19/h1-2,5,7-11,16,18H,3-4,6,12H2,(H,24,25). The van der Waals surface area contributed by atoms with Crippen molar-refractivity contribution in [1.29, 1.82) is 0 Å². The smallest absolute Gasteiger partial charge is 0.320 e. The van der Waals surface area contributed by atoms with Crippen LogP contribution in [0.1, 0.15) is 35.9 Å². The summed E-state index contributed by atoms with van der Waals surface area (Å²) in [6, 6.07) is 15.0. The topological polar surface area (TPSA) is 53.4 Å². The molecule has 2 aromatic carbocycles. The van der Waals surface area contributed by atoms with E-state index < -0.39 is 12.0 Å². The number of nitrogens with zero attached hydrogens (tertiary/aromatic N) is 2. The minimum Gasteiger partial charge on any atom is -0.480 e. The predicted octanol–water partition coefficient (Wildman–Crippen LogP) is 4.98. The van der Waals surface area contributed by atoms with Crippen molar-refractivity contribution in [3.63, 3.8) is 0 Å². The summed E-state index contributed by atoms with van der Waals surface area (Å²) in [6.07, 6.45) is 2.61. The van der Waals surface area contributed by atoms with Gasteiger partial charge in [0.25, 0.3) is 0 Å². The fourth-order valence-corrected chi connectivity index (χ4v) is 4.90. The lowest BCUT2D eigenvalue weighted by molar-refractivity contribution is -0.145. The maximum absolute atomic E-state index is 11.9. The molecule has 2 heterocycles. The lowest BCUT2D eigenvalue weighted by Gasteiger charge is -2.38. The lowest BCUT2D eigenvalue weighted by Crippen LogP contribution is -2.46. The first-order valence-corrected chi connectivity index (χ1v) is 9.92. The largest absolute Gasteiger partial charge is 0.480 e. The van der Waals surface area contributed by atoms with Crippen LogP contribution in [0.15, 0.2) is 48.5 Å². The van der Waals surface area contributed by atoms with Crippen LogP contribution in [-0.2, 0) is 4.79 Å². The Morgan fingerprint density at radius 2 is 1.96 bits per heavy atom. The van der Waals surface area contributed by atoms with Crippen molar-refractivity contribution < 1.29 is 9.90 Å². The third kappa shape index (κ3) is 3.34. The van der Waals surface area contributed by atoms with Gasteiger partial charge in [-0.2, -0.15) is 0 Å². The molecular weight excluding hydrogens is 368 g/mol. The second-order valence-electron chi connectivity index (χ2n) is 6.56. The number of carboxylic acid groups (broad SMARTS) is 1. The van der Waals surface area contributed by atoms with Crippen LogP contribution in [0.2, 0.25) is 5.02 Å². The number of halogens is 1. The molecule has 1 aliphatic heterocycles. The molecule has 1 aromatic heterocycles. The molecule has 0 radical (unpaired) electrons. The number of fused-ring (bicyclic) bond motifs is 1. The van der Waals surface area contributed by atoms with E-state index in [1.54, 1.807) is 11.3 Å². The minimum absolute atomic E-state index is 0.175. The number of rotatable bonds is 4. The van der Waals surface area contributed by atoms with E-state index in [1.165, 1.54) is 0 Å². The van der Waals surface area contributed by atoms with Gasteiger partial charge in [0.1, 0.15) is 11.0 Å². The van der Waals surface area contributed by atoms with Crippen molar-refractivity contribution in [3.8, 4) is 0 Å². The normalized spacial score (nSPS) is 19.5. The Kier molecular flexibility index (Phi) is 4.94. The van der Waals surface area contributed by atoms with Gasteiger partial charge in [0.2, 0.25) is 0 Å². The Morgan fingerprint density at radius 1 is 1.19 bits per heavy atom. The van der Waals surface area contributed by atoms with E-state index in [4.69, 9.17) is 16.6 Å². The molecule has 0 aliphatic carbocycles. The fraction of sp³-hybridized carbons (Fsp3) is 0.300. The van der Waals surface area contributed by atoms with Crippen molar-refractivity contribution in [2.45, 2.75) is 31.3 Å². The van der Waals surface area contributed by atoms with E-state index in [0.29, 0.717) is 11.4 Å². The zero-order valence-corrected chi connectivity index (χ0v) is 15.7. The molecule has 6 heteroatoms. The minimum atomic E-state index is -0.759. The van der Waals surface area contributed by atoms with Gasteiger partial charge < -0.3 is 5.11 Å². The van der Waals surface area contributed by atoms with E-state index in [1.807, 2.05) is 42.5 Å². The van der Waals surface area contributed by atoms with Crippen LogP contribution in [0.25, 0.3) is 10.2 Å². The molecule has 1 saturated heterocycles. The first-order valence-electron chi connectivity index (χ1n) is 8.73. The Bertz CT molecular complexity index is 892. The number of likely N-dealkylation sites (tertiary alicyclic amines) is 1. The molecule has 4 rings (SSSR count). The highest BCUT2D eigenvalue weighted by atomic mass is 35.5. The first kappa shape index (κ1) is 17.5. The fourth-order valence-electron chi connectivity index (χ4n) is 3.66. The number of benzene rings is 2. The van der Waals surface area contributed by atoms with Crippen LogP contribution in [0.5, 0.6) is 0 Å². The Labute approximate surface area is 161 Å². The summed E-state index contributed by atoms with van der Waals surface area (Å²) in [5.74, 6) is -0.759. The zero-order chi connectivity index (χ0) is 18.1. The molecule has 0 saturated carbocycles. The number of para-hydroxylation sites is 1. The second kappa shape index (κ2) is 7.35. The molecule has 26 heavy (non-hydrogen) atoms. The molecule has 0 bridgehead atoms. The molecule has 0 spiro atoms. The summed E-state index contributed by atoms with van der Waals surface area (Å²) >= 11 is 7.70. The van der Waals surface area contributed by atoms with E-state index in [-0.39, 0.29) is 6.04 Å². The molecule has 3 aromatic rings. The number of piperidine rings is 1. The molecule has 2 unspecified atom stereocenters. The molecular formula is C20H19ClN2O2S. The SMILES string of the molecule is O=C(O)C1CCCCN1C(c1ccc(Cl)cc1)c1nc2ccccc2s1. The highest BCUT2D eigenvalue weighted by molar-refractivity contribution is 7.18. The zero-order valence-electron chi connectivity index (χ0n) is 14.1. The van der Waals surface area contributed by atoms with Crippen molar-refractivity contribution in [1.82, 2.24) is 9.88 Å². The van der Waals surface area contributed by atoms with Crippen LogP contribution in [0, 0.1) is 0 Å². The van der Waals surface area contributed by atoms with E-state index in [9.17, 15) is 9.90 Å². The number of hydrogen-bond acceptors (Lipinski definition) is 4. The van der Waals surface area contributed by atoms with Gasteiger partial charge in [-0.25, -0.2) is 4.98 Å². The molecule has 4 nitrogen and oxygen atoms in total. The highest BCUT2D eigenvalue weighted by Gasteiger charge is 2.36. The number of carboxylic acids is 1. The molecule has 0 amide bonds. The maximum atomic E-state index is 11.9. The van der Waals surface area contributed by atoms with Crippen LogP contribution in [-0.4, -0.2) is 33.5 Å². The maximum Gasteiger partial charge on any atom is 0.320 e. The van der Waals surface area contributed by atoms with Gasteiger partial charge in [-0.3, -0.25) is 9.69 Å². The van der Waals surface area contributed by atoms with Crippen molar-refractivity contribution in [2.75, 3.05) is 6.54 Å². The van der Waals surface area contributed by atoms with Crippen LogP contribution >= 0.6 is 22.9 Å². The predicted molar refractivity (Wildman–Crippen MR) is 105 cm³/mol. The first-order chi connectivity index (χ1) is 12.6. The van der Waals surface area contributed by atoms with E-state index in [2.05, 4.69) is 11.0 Å². The van der Waals surface area contributed by atoms with Gasteiger partial charge in [0.05, 0.1) is 16.3 Å². The number of carbonyl (C=O) groups is 1. The van der Waals surface area contributed by atoms with Gasteiger partial charge in [0, 0.05) is 11.6 Å². The van der Waals surface area contributed by atoms with E-state index in [0.717, 1.165) is 40.2 Å². The third-order valence-electron chi connectivity index (χ3n) is 4.89. The second-order valence-corrected chi connectivity index (χ2v) is 8.06. The highest BCUT2D eigenvalue weighted by Crippen LogP contribution is 2.38. The molecule has 1 aliphatic rings. The third-order valence-corrected chi connectivity index (χ3v) is 6.23. The average Bonchev–Trinajstić information content (AvgIpc) is 3.07. The van der Waals surface area contributed by atoms with Gasteiger partial charge in [-0.05, 0) is 42.7 Å². The van der Waals surface area contributed by atoms with E-state index >= 15 is 0 Å². The van der Waals surface area contributed by atoms with Gasteiger partial charge in [0.15, 0.2) is 0 Å². The summed E-state index contributed by atoms with van der Waals surface area (Å²) in [6.45, 7) is 0.750. The number of thiazole rings is 1. The molecule has 1 N–H and O–H groups in total. The Balaban J connectivity index is 1.83. The molecule has 1 fully saturated rings. The Hall–Kier alpha value is -1.95. The van der Waals surface area contributed by atoms with Gasteiger partial charge in [-0.15, -0.1) is 11.3 Å². The number of aromatic nitrogens is 1. The molecule has 2 atom stereocenters. The van der Waals surface area contributed by atoms with Gasteiger partial charge in [-0.1, -0.05) is 42.3 Å². The quantitative estimate of drug-likeness (QED) is 0.687. The van der Waals surface area contributed by atoms with Crippen molar-refractivity contribution >= 4 is 39.1 Å². The van der Waals surface area contributed by atoms with Crippen LogP contribution in [0.4, 0.5) is 0 Å². The summed E-state index contributed by atoms with van der Waals surface area (Å²) in [4.78, 5) is 18.8. The van der Waals surface area contributed by atoms with Crippen LogP contribution in [0.3, 0.4) is 0 Å². The summed E-state index contributed by atoms with van der Waals surface area (Å²) in [5, 5.41) is 11.4. The van der Waals surface area contributed by atoms with Crippen molar-refractivity contribution in [2.24, 2.45) is 0 Å². The molecule has 134 valence electrons. The average molecular weight is 387 g/mol. The summed E-state index contributed by atoms with van der Waals surface area (Å²) in [7, 11) is 0. The lowest BCUT2D eigenvalue weighted by atomic mass is 9.96. The van der Waals surface area contributed by atoms with Crippen molar-refractivity contribution in [3.05, 3.63) is 64.1 Å². The number of hydrogen-bond donors (Lipinski definition) is 1. The Morgan fingerprint density at radius 3 is 2.69 bits per heavy atom. The summed E-state index contributed by atoms with van der Waals surface area (Å²) < 4.78 is 1.12. The monoisotopic (exact) mass is 386 g/mol. The van der Waals surface area contributed by atoms with Crippen LogP contribution < -0.4 is 0 Å². The van der Waals surface area contributed by atoms with Gasteiger partial charge >= 0.3 is 5.97 Å².